The molecule has 1 aliphatic heterocycles. The van der Waals surface area contributed by atoms with E-state index in [-0.39, 0.29) is 35.7 Å². The quantitative estimate of drug-likeness (QED) is 0.779. The minimum absolute atomic E-state index is 0.0245. The van der Waals surface area contributed by atoms with E-state index >= 15 is 0 Å². The molecule has 0 radical (unpaired) electrons. The summed E-state index contributed by atoms with van der Waals surface area (Å²) in [6.45, 7) is -0.469. The van der Waals surface area contributed by atoms with Crippen molar-refractivity contribution in [1.82, 2.24) is 4.90 Å². The lowest BCUT2D eigenvalue weighted by Gasteiger charge is -2.29. The molecule has 2 aromatic carbocycles. The normalized spacial score (nSPS) is 14.2. The van der Waals surface area contributed by atoms with E-state index in [2.05, 4.69) is 4.72 Å². The minimum Gasteiger partial charge on any atom is -0.478 e. The molecule has 154 valence electrons. The molecule has 29 heavy (non-hydrogen) atoms. The molecule has 3 rings (SSSR count). The standard InChI is InChI=1S/C18H15F3N2O5S/c19-18(20,21)17(26)23-7-6-11-4-5-15(9-13(11)10-23)29(27,28)22-14-3-1-2-12(8-14)16(24)25/h1-5,8-9,22H,6-7,10H2,(H,24,25). The number of amides is 1. The minimum atomic E-state index is -5.00. The van der Waals surface area contributed by atoms with Crippen LogP contribution in [0.4, 0.5) is 18.9 Å². The number of carbonyl (C=O) groups excluding carboxylic acids is 1. The maximum absolute atomic E-state index is 12.7. The van der Waals surface area contributed by atoms with Gasteiger partial charge in [0.25, 0.3) is 10.0 Å². The number of carboxylic acids is 1. The van der Waals surface area contributed by atoms with Crippen molar-refractivity contribution in [2.24, 2.45) is 0 Å². The number of alkyl halides is 3. The van der Waals surface area contributed by atoms with Gasteiger partial charge >= 0.3 is 18.1 Å². The number of sulfonamides is 1. The molecule has 0 aliphatic carbocycles. The Kier molecular flexibility index (Phi) is 5.26. The van der Waals surface area contributed by atoms with Crippen LogP contribution in [-0.4, -0.2) is 43.0 Å². The highest BCUT2D eigenvalue weighted by Gasteiger charge is 2.43. The first kappa shape index (κ1) is 20.6. The fourth-order valence-electron chi connectivity index (χ4n) is 2.98. The van der Waals surface area contributed by atoms with Crippen LogP contribution >= 0.6 is 0 Å². The number of carbonyl (C=O) groups is 2. The Balaban J connectivity index is 1.86. The number of nitrogens with zero attached hydrogens (tertiary/aromatic N) is 1. The topological polar surface area (TPSA) is 104 Å². The maximum Gasteiger partial charge on any atom is 0.471 e. The van der Waals surface area contributed by atoms with Crippen LogP contribution in [-0.2, 0) is 27.8 Å². The number of fused-ring (bicyclic) bond motifs is 1. The third kappa shape index (κ3) is 4.50. The lowest BCUT2D eigenvalue weighted by molar-refractivity contribution is -0.186. The summed E-state index contributed by atoms with van der Waals surface area (Å²) in [5, 5.41) is 8.99. The highest BCUT2D eigenvalue weighted by Crippen LogP contribution is 2.27. The van der Waals surface area contributed by atoms with Gasteiger partial charge in [-0.1, -0.05) is 12.1 Å². The van der Waals surface area contributed by atoms with Crippen LogP contribution in [0.15, 0.2) is 47.4 Å². The molecule has 0 saturated carbocycles. The van der Waals surface area contributed by atoms with Crippen molar-refractivity contribution in [2.75, 3.05) is 11.3 Å². The summed E-state index contributed by atoms with van der Waals surface area (Å²) in [5.74, 6) is -3.20. The molecule has 11 heteroatoms. The van der Waals surface area contributed by atoms with Gasteiger partial charge in [-0.05, 0) is 47.9 Å². The first-order valence-corrected chi connectivity index (χ1v) is 9.80. The number of nitrogens with one attached hydrogen (secondary N) is 1. The van der Waals surface area contributed by atoms with Crippen LogP contribution in [0.25, 0.3) is 0 Å². The van der Waals surface area contributed by atoms with Gasteiger partial charge < -0.3 is 10.0 Å². The van der Waals surface area contributed by atoms with E-state index in [4.69, 9.17) is 5.11 Å². The summed E-state index contributed by atoms with van der Waals surface area (Å²) in [4.78, 5) is 22.9. The monoisotopic (exact) mass is 428 g/mol. The van der Waals surface area contributed by atoms with E-state index in [0.29, 0.717) is 16.0 Å². The number of carboxylic acid groups (broad SMARTS) is 1. The van der Waals surface area contributed by atoms with E-state index in [0.717, 1.165) is 6.07 Å². The van der Waals surface area contributed by atoms with Gasteiger partial charge in [0.1, 0.15) is 0 Å². The summed E-state index contributed by atoms with van der Waals surface area (Å²) in [6, 6.07) is 9.19. The lowest BCUT2D eigenvalue weighted by atomic mass is 10.00. The number of hydrogen-bond donors (Lipinski definition) is 2. The fraction of sp³-hybridized carbons (Fsp3) is 0.222. The van der Waals surface area contributed by atoms with Gasteiger partial charge in [-0.15, -0.1) is 0 Å². The maximum atomic E-state index is 12.7. The van der Waals surface area contributed by atoms with Crippen LogP contribution in [0, 0.1) is 0 Å². The molecule has 0 fully saturated rings. The molecule has 1 aliphatic rings. The molecule has 7 nitrogen and oxygen atoms in total. The molecule has 2 N–H and O–H groups in total. The first-order chi connectivity index (χ1) is 13.5. The van der Waals surface area contributed by atoms with Crippen molar-refractivity contribution in [1.29, 1.82) is 0 Å². The molecular formula is C18H15F3N2O5S. The van der Waals surface area contributed by atoms with Gasteiger partial charge in [-0.25, -0.2) is 13.2 Å². The number of anilines is 1. The highest BCUT2D eigenvalue weighted by atomic mass is 32.2. The summed E-state index contributed by atoms with van der Waals surface area (Å²) in [7, 11) is -4.12. The van der Waals surface area contributed by atoms with Crippen molar-refractivity contribution in [3.8, 4) is 0 Å². The summed E-state index contributed by atoms with van der Waals surface area (Å²) in [6.07, 6.45) is -4.83. The Bertz CT molecular complexity index is 1080. The molecule has 0 atom stereocenters. The molecule has 0 unspecified atom stereocenters. The third-order valence-electron chi connectivity index (χ3n) is 4.39. The van der Waals surface area contributed by atoms with Gasteiger partial charge in [0.05, 0.1) is 10.5 Å². The molecule has 0 bridgehead atoms. The average Bonchev–Trinajstić information content (AvgIpc) is 2.65. The highest BCUT2D eigenvalue weighted by molar-refractivity contribution is 7.92. The predicted octanol–water partition coefficient (Wildman–Crippen LogP) is 2.63. The van der Waals surface area contributed by atoms with Gasteiger partial charge in [0, 0.05) is 18.8 Å². The zero-order valence-electron chi connectivity index (χ0n) is 14.7. The van der Waals surface area contributed by atoms with Crippen LogP contribution < -0.4 is 4.72 Å². The van der Waals surface area contributed by atoms with Crippen molar-refractivity contribution < 1.29 is 36.3 Å². The van der Waals surface area contributed by atoms with Crippen molar-refractivity contribution in [2.45, 2.75) is 24.0 Å². The first-order valence-electron chi connectivity index (χ1n) is 8.31. The molecular weight excluding hydrogens is 413 g/mol. The van der Waals surface area contributed by atoms with E-state index in [9.17, 15) is 31.2 Å². The number of hydrogen-bond acceptors (Lipinski definition) is 4. The van der Waals surface area contributed by atoms with Crippen LogP contribution in [0.1, 0.15) is 21.5 Å². The Labute approximate surface area is 163 Å². The second-order valence-electron chi connectivity index (χ2n) is 6.40. The fourth-order valence-corrected chi connectivity index (χ4v) is 4.08. The Morgan fingerprint density at radius 1 is 1.07 bits per heavy atom. The Morgan fingerprint density at radius 2 is 1.79 bits per heavy atom. The smallest absolute Gasteiger partial charge is 0.471 e. The predicted molar refractivity (Wildman–Crippen MR) is 95.8 cm³/mol. The SMILES string of the molecule is O=C(O)c1cccc(NS(=O)(=O)c2ccc3c(c2)CN(C(=O)C(F)(F)F)CC3)c1. The Hall–Kier alpha value is -3.08. The van der Waals surface area contributed by atoms with Gasteiger partial charge in [0.15, 0.2) is 0 Å². The zero-order chi connectivity index (χ0) is 21.4. The van der Waals surface area contributed by atoms with E-state index in [1.165, 1.54) is 36.4 Å². The Morgan fingerprint density at radius 3 is 2.45 bits per heavy atom. The van der Waals surface area contributed by atoms with Crippen LogP contribution in [0.2, 0.25) is 0 Å². The molecule has 0 aromatic heterocycles. The number of benzene rings is 2. The second kappa shape index (κ2) is 7.39. The second-order valence-corrected chi connectivity index (χ2v) is 8.08. The number of halogens is 3. The van der Waals surface area contributed by atoms with Gasteiger partial charge in [-0.3, -0.25) is 9.52 Å². The largest absolute Gasteiger partial charge is 0.478 e. The molecule has 1 amide bonds. The van der Waals surface area contributed by atoms with Crippen molar-refractivity contribution in [3.05, 3.63) is 59.2 Å². The van der Waals surface area contributed by atoms with E-state index in [1.54, 1.807) is 0 Å². The third-order valence-corrected chi connectivity index (χ3v) is 5.77. The zero-order valence-corrected chi connectivity index (χ0v) is 15.5. The van der Waals surface area contributed by atoms with E-state index < -0.39 is 28.1 Å². The van der Waals surface area contributed by atoms with E-state index in [1.807, 2.05) is 0 Å². The van der Waals surface area contributed by atoms with Crippen molar-refractivity contribution >= 4 is 27.6 Å². The summed E-state index contributed by atoms with van der Waals surface area (Å²) in [5.41, 5.74) is 0.868. The summed E-state index contributed by atoms with van der Waals surface area (Å²) < 4.78 is 65.5. The van der Waals surface area contributed by atoms with Gasteiger partial charge in [0.2, 0.25) is 0 Å². The van der Waals surface area contributed by atoms with Crippen LogP contribution in [0.5, 0.6) is 0 Å². The lowest BCUT2D eigenvalue weighted by Crippen LogP contribution is -2.43. The molecule has 0 saturated heterocycles. The molecule has 2 aromatic rings. The van der Waals surface area contributed by atoms with Gasteiger partial charge in [-0.2, -0.15) is 13.2 Å². The van der Waals surface area contributed by atoms with Crippen LogP contribution in [0.3, 0.4) is 0 Å². The summed E-state index contributed by atoms with van der Waals surface area (Å²) >= 11 is 0. The molecule has 0 spiro atoms. The molecule has 1 heterocycles. The number of rotatable bonds is 4. The number of aromatic carboxylic acids is 1. The average molecular weight is 428 g/mol. The van der Waals surface area contributed by atoms with Crippen molar-refractivity contribution in [3.63, 3.8) is 0 Å².